The van der Waals surface area contributed by atoms with Crippen molar-refractivity contribution in [1.29, 1.82) is 0 Å². The van der Waals surface area contributed by atoms with Gasteiger partial charge in [-0.2, -0.15) is 0 Å². The second-order valence-corrected chi connectivity index (χ2v) is 7.50. The van der Waals surface area contributed by atoms with E-state index < -0.39 is 21.5 Å². The molecule has 1 aliphatic rings. The van der Waals surface area contributed by atoms with Crippen LogP contribution >= 0.6 is 0 Å². The van der Waals surface area contributed by atoms with Gasteiger partial charge in [0.2, 0.25) is 5.91 Å². The zero-order valence-corrected chi connectivity index (χ0v) is 12.6. The quantitative estimate of drug-likeness (QED) is 0.634. The lowest BCUT2D eigenvalue weighted by molar-refractivity contribution is -0.118. The van der Waals surface area contributed by atoms with Gasteiger partial charge < -0.3 is 10.6 Å². The van der Waals surface area contributed by atoms with Gasteiger partial charge in [-0.3, -0.25) is 9.69 Å². The number of amides is 1. The highest BCUT2D eigenvalue weighted by molar-refractivity contribution is 7.92. The molecule has 0 unspecified atom stereocenters. The van der Waals surface area contributed by atoms with Crippen molar-refractivity contribution >= 4 is 15.7 Å². The standard InChI is InChI=1S/C12H25N3O3S/c1-11(2)9-19(17,18)10-12(16)14-5-8-15-6-3-13-4-7-15/h11,13H,3-10H2,1-2H3,(H,14,16). The highest BCUT2D eigenvalue weighted by Gasteiger charge is 2.18. The Hall–Kier alpha value is -0.660. The minimum Gasteiger partial charge on any atom is -0.354 e. The Balaban J connectivity index is 2.20. The molecule has 0 atom stereocenters. The Morgan fingerprint density at radius 3 is 2.53 bits per heavy atom. The van der Waals surface area contributed by atoms with Gasteiger partial charge >= 0.3 is 0 Å². The summed E-state index contributed by atoms with van der Waals surface area (Å²) in [6.45, 7) is 8.84. The van der Waals surface area contributed by atoms with Crippen LogP contribution in [-0.2, 0) is 14.6 Å². The molecule has 1 amide bonds. The first-order valence-electron chi connectivity index (χ1n) is 6.79. The summed E-state index contributed by atoms with van der Waals surface area (Å²) in [5.41, 5.74) is 0. The number of hydrogen-bond acceptors (Lipinski definition) is 5. The van der Waals surface area contributed by atoms with Gasteiger partial charge in [0.05, 0.1) is 5.75 Å². The van der Waals surface area contributed by atoms with Crippen LogP contribution in [0.5, 0.6) is 0 Å². The molecule has 1 saturated heterocycles. The van der Waals surface area contributed by atoms with Crippen molar-refractivity contribution in [2.75, 3.05) is 50.8 Å². The molecule has 0 aromatic carbocycles. The summed E-state index contributed by atoms with van der Waals surface area (Å²) in [4.78, 5) is 13.8. The molecule has 2 N–H and O–H groups in total. The third-order valence-corrected chi connectivity index (χ3v) is 4.77. The first-order valence-corrected chi connectivity index (χ1v) is 8.61. The van der Waals surface area contributed by atoms with E-state index in [4.69, 9.17) is 0 Å². The summed E-state index contributed by atoms with van der Waals surface area (Å²) in [6, 6.07) is 0. The molecule has 6 nitrogen and oxygen atoms in total. The molecule has 0 radical (unpaired) electrons. The molecule has 1 rings (SSSR count). The summed E-state index contributed by atoms with van der Waals surface area (Å²) < 4.78 is 23.3. The van der Waals surface area contributed by atoms with Crippen LogP contribution in [0.1, 0.15) is 13.8 Å². The minimum absolute atomic E-state index is 0.0543. The summed E-state index contributed by atoms with van der Waals surface area (Å²) in [5.74, 6) is -0.667. The van der Waals surface area contributed by atoms with Crippen molar-refractivity contribution in [2.24, 2.45) is 5.92 Å². The molecule has 7 heteroatoms. The van der Waals surface area contributed by atoms with Crippen molar-refractivity contribution in [1.82, 2.24) is 15.5 Å². The molecule has 0 saturated carbocycles. The molecular weight excluding hydrogens is 266 g/mol. The van der Waals surface area contributed by atoms with Crippen molar-refractivity contribution < 1.29 is 13.2 Å². The predicted octanol–water partition coefficient (Wildman–Crippen LogP) is -0.921. The van der Waals surface area contributed by atoms with Gasteiger partial charge in [-0.05, 0) is 5.92 Å². The maximum absolute atomic E-state index is 11.6. The maximum atomic E-state index is 11.6. The first kappa shape index (κ1) is 16.4. The van der Waals surface area contributed by atoms with Crippen LogP contribution < -0.4 is 10.6 Å². The van der Waals surface area contributed by atoms with Crippen LogP contribution in [0.3, 0.4) is 0 Å². The summed E-state index contributed by atoms with van der Waals surface area (Å²) in [6.07, 6.45) is 0. The molecule has 1 heterocycles. The second-order valence-electron chi connectivity index (χ2n) is 5.39. The second kappa shape index (κ2) is 7.81. The molecular formula is C12H25N3O3S. The first-order chi connectivity index (χ1) is 8.89. The van der Waals surface area contributed by atoms with Crippen LogP contribution in [0.2, 0.25) is 0 Å². The van der Waals surface area contributed by atoms with Crippen LogP contribution in [0.25, 0.3) is 0 Å². The summed E-state index contributed by atoms with van der Waals surface area (Å²) >= 11 is 0. The van der Waals surface area contributed by atoms with Crippen LogP contribution in [0.15, 0.2) is 0 Å². The van der Waals surface area contributed by atoms with Crippen molar-refractivity contribution in [3.8, 4) is 0 Å². The van der Waals surface area contributed by atoms with E-state index in [2.05, 4.69) is 15.5 Å². The molecule has 112 valence electrons. The van der Waals surface area contributed by atoms with E-state index in [1.165, 1.54) is 0 Å². The SMILES string of the molecule is CC(C)CS(=O)(=O)CC(=O)NCCN1CCNCC1. The maximum Gasteiger partial charge on any atom is 0.235 e. The van der Waals surface area contributed by atoms with Crippen molar-refractivity contribution in [3.05, 3.63) is 0 Å². The number of sulfone groups is 1. The zero-order valence-electron chi connectivity index (χ0n) is 11.8. The molecule has 0 aliphatic carbocycles. The fourth-order valence-corrected chi connectivity index (χ4v) is 3.74. The highest BCUT2D eigenvalue weighted by Crippen LogP contribution is 2.00. The average molecular weight is 291 g/mol. The van der Waals surface area contributed by atoms with E-state index in [1.807, 2.05) is 13.8 Å². The topological polar surface area (TPSA) is 78.5 Å². The fraction of sp³-hybridized carbons (Fsp3) is 0.917. The van der Waals surface area contributed by atoms with Crippen LogP contribution in [0.4, 0.5) is 0 Å². The molecule has 1 aliphatic heterocycles. The third kappa shape index (κ3) is 7.49. The average Bonchev–Trinajstić information content (AvgIpc) is 2.27. The van der Waals surface area contributed by atoms with Crippen molar-refractivity contribution in [3.63, 3.8) is 0 Å². The number of nitrogens with one attached hydrogen (secondary N) is 2. The van der Waals surface area contributed by atoms with Gasteiger partial charge in [0, 0.05) is 39.3 Å². The molecule has 0 aromatic heterocycles. The monoisotopic (exact) mass is 291 g/mol. The molecule has 1 fully saturated rings. The third-order valence-electron chi connectivity index (χ3n) is 2.90. The summed E-state index contributed by atoms with van der Waals surface area (Å²) in [7, 11) is -3.27. The molecule has 0 bridgehead atoms. The Bertz CT molecular complexity index is 376. The van der Waals surface area contributed by atoms with E-state index in [-0.39, 0.29) is 11.7 Å². The van der Waals surface area contributed by atoms with E-state index in [0.717, 1.165) is 32.7 Å². The van der Waals surface area contributed by atoms with Gasteiger partial charge in [0.25, 0.3) is 0 Å². The molecule has 0 spiro atoms. The fourth-order valence-electron chi connectivity index (χ4n) is 2.11. The smallest absolute Gasteiger partial charge is 0.235 e. The number of rotatable bonds is 7. The largest absolute Gasteiger partial charge is 0.354 e. The van der Waals surface area contributed by atoms with Gasteiger partial charge in [-0.15, -0.1) is 0 Å². The zero-order chi connectivity index (χ0) is 14.3. The van der Waals surface area contributed by atoms with E-state index in [9.17, 15) is 13.2 Å². The van der Waals surface area contributed by atoms with Gasteiger partial charge in [-0.25, -0.2) is 8.42 Å². The van der Waals surface area contributed by atoms with Gasteiger partial charge in [0.1, 0.15) is 5.75 Å². The van der Waals surface area contributed by atoms with E-state index >= 15 is 0 Å². The van der Waals surface area contributed by atoms with E-state index in [0.29, 0.717) is 6.54 Å². The summed E-state index contributed by atoms with van der Waals surface area (Å²) in [5, 5.41) is 5.93. The lowest BCUT2D eigenvalue weighted by Gasteiger charge is -2.27. The van der Waals surface area contributed by atoms with Crippen LogP contribution in [-0.4, -0.2) is 70.0 Å². The Kier molecular flexibility index (Phi) is 6.74. The minimum atomic E-state index is -3.27. The lowest BCUT2D eigenvalue weighted by Crippen LogP contribution is -2.46. The number of carbonyl (C=O) groups is 1. The number of nitrogens with zero attached hydrogens (tertiary/aromatic N) is 1. The number of carbonyl (C=O) groups excluding carboxylic acids is 1. The Morgan fingerprint density at radius 2 is 1.95 bits per heavy atom. The van der Waals surface area contributed by atoms with E-state index in [1.54, 1.807) is 0 Å². The molecule has 0 aromatic rings. The van der Waals surface area contributed by atoms with Gasteiger partial charge in [-0.1, -0.05) is 13.8 Å². The number of hydrogen-bond donors (Lipinski definition) is 2. The predicted molar refractivity (Wildman–Crippen MR) is 75.8 cm³/mol. The normalized spacial score (nSPS) is 17.6. The van der Waals surface area contributed by atoms with Gasteiger partial charge in [0.15, 0.2) is 9.84 Å². The lowest BCUT2D eigenvalue weighted by atomic mass is 10.3. The van der Waals surface area contributed by atoms with Crippen molar-refractivity contribution in [2.45, 2.75) is 13.8 Å². The Morgan fingerprint density at radius 1 is 1.32 bits per heavy atom. The molecule has 19 heavy (non-hydrogen) atoms. The number of piperazine rings is 1. The highest BCUT2D eigenvalue weighted by atomic mass is 32.2. The van der Waals surface area contributed by atoms with Crippen LogP contribution in [0, 0.1) is 5.92 Å². The Labute approximate surface area is 115 Å².